The van der Waals surface area contributed by atoms with Gasteiger partial charge in [-0.2, -0.15) is 5.10 Å². The minimum absolute atomic E-state index is 0.401. The average Bonchev–Trinajstić information content (AvgIpc) is 2.90. The lowest BCUT2D eigenvalue weighted by atomic mass is 9.78. The van der Waals surface area contributed by atoms with Crippen molar-refractivity contribution in [3.05, 3.63) is 18.0 Å². The summed E-state index contributed by atoms with van der Waals surface area (Å²) in [4.78, 5) is 2.78. The van der Waals surface area contributed by atoms with Gasteiger partial charge in [0, 0.05) is 50.0 Å². The first-order chi connectivity index (χ1) is 10.2. The topological polar surface area (TPSA) is 33.1 Å². The molecule has 0 aromatic carbocycles. The van der Waals surface area contributed by atoms with Gasteiger partial charge in [-0.15, -0.1) is 0 Å². The van der Waals surface area contributed by atoms with Crippen LogP contribution in [0.5, 0.6) is 0 Å². The lowest BCUT2D eigenvalue weighted by Gasteiger charge is -2.52. The molecule has 1 aromatic rings. The van der Waals surface area contributed by atoms with E-state index in [-0.39, 0.29) is 0 Å². The molecular formula is C17H30N4. The highest BCUT2D eigenvalue weighted by Gasteiger charge is 2.41. The van der Waals surface area contributed by atoms with Gasteiger partial charge in [0.25, 0.3) is 0 Å². The quantitative estimate of drug-likeness (QED) is 0.925. The number of nitrogens with one attached hydrogen (secondary N) is 1. The number of hydrogen-bond donors (Lipinski definition) is 1. The largest absolute Gasteiger partial charge is 0.311 e. The second-order valence-electron chi connectivity index (χ2n) is 7.05. The molecule has 1 saturated heterocycles. The lowest BCUT2D eigenvalue weighted by molar-refractivity contribution is 0.00187. The predicted octanol–water partition coefficient (Wildman–Crippen LogP) is 2.70. The van der Waals surface area contributed by atoms with E-state index >= 15 is 0 Å². The standard InChI is InChI=1S/C17H30N4/c1-3-7-16-13-21(12-15-10-19-20(2)11-15)17(14-18-16)8-5-4-6-9-17/h10-11,16,18H,3-9,12-14H2,1-2H3. The molecule has 0 bridgehead atoms. The normalized spacial score (nSPS) is 26.3. The van der Waals surface area contributed by atoms with Crippen molar-refractivity contribution in [2.75, 3.05) is 13.1 Å². The number of aromatic nitrogens is 2. The fraction of sp³-hybridized carbons (Fsp3) is 0.824. The first-order valence-corrected chi connectivity index (χ1v) is 8.68. The van der Waals surface area contributed by atoms with Crippen LogP contribution in [-0.2, 0) is 13.6 Å². The van der Waals surface area contributed by atoms with Gasteiger partial charge in [-0.3, -0.25) is 9.58 Å². The van der Waals surface area contributed by atoms with Crippen LogP contribution in [-0.4, -0.2) is 39.4 Å². The molecule has 0 amide bonds. The van der Waals surface area contributed by atoms with Gasteiger partial charge in [-0.25, -0.2) is 0 Å². The second-order valence-corrected chi connectivity index (χ2v) is 7.05. The highest BCUT2D eigenvalue weighted by molar-refractivity contribution is 5.08. The highest BCUT2D eigenvalue weighted by Crippen LogP contribution is 2.36. The summed E-state index contributed by atoms with van der Waals surface area (Å²) in [5.41, 5.74) is 1.76. The smallest absolute Gasteiger partial charge is 0.0534 e. The van der Waals surface area contributed by atoms with Gasteiger partial charge in [0.2, 0.25) is 0 Å². The summed E-state index contributed by atoms with van der Waals surface area (Å²) in [6, 6.07) is 0.666. The summed E-state index contributed by atoms with van der Waals surface area (Å²) < 4.78 is 1.93. The van der Waals surface area contributed by atoms with E-state index in [1.807, 2.05) is 17.9 Å². The first-order valence-electron chi connectivity index (χ1n) is 8.68. The van der Waals surface area contributed by atoms with Crippen LogP contribution >= 0.6 is 0 Å². The summed E-state index contributed by atoms with van der Waals surface area (Å²) in [5.74, 6) is 0. The van der Waals surface area contributed by atoms with Crippen LogP contribution in [0.2, 0.25) is 0 Å². The van der Waals surface area contributed by atoms with E-state index in [4.69, 9.17) is 0 Å². The molecule has 1 N–H and O–H groups in total. The van der Waals surface area contributed by atoms with Gasteiger partial charge in [0.05, 0.1) is 6.20 Å². The van der Waals surface area contributed by atoms with Gasteiger partial charge in [0.15, 0.2) is 0 Å². The summed E-state index contributed by atoms with van der Waals surface area (Å²) in [5, 5.41) is 8.18. The molecule has 2 aliphatic rings. The molecule has 1 aliphatic heterocycles. The van der Waals surface area contributed by atoms with Crippen LogP contribution in [0, 0.1) is 0 Å². The molecule has 2 heterocycles. The van der Waals surface area contributed by atoms with Crippen LogP contribution in [0.15, 0.2) is 12.4 Å². The molecule has 0 radical (unpaired) electrons. The van der Waals surface area contributed by atoms with Crippen molar-refractivity contribution in [3.63, 3.8) is 0 Å². The van der Waals surface area contributed by atoms with Crippen molar-refractivity contribution in [3.8, 4) is 0 Å². The number of piperazine rings is 1. The average molecular weight is 290 g/mol. The third-order valence-electron chi connectivity index (χ3n) is 5.38. The summed E-state index contributed by atoms with van der Waals surface area (Å²) in [7, 11) is 2.01. The zero-order chi connectivity index (χ0) is 14.7. The Morgan fingerprint density at radius 2 is 2.14 bits per heavy atom. The number of aryl methyl sites for hydroxylation is 1. The third-order valence-corrected chi connectivity index (χ3v) is 5.38. The molecule has 1 spiro atoms. The summed E-state index contributed by atoms with van der Waals surface area (Å²) >= 11 is 0. The second kappa shape index (κ2) is 6.49. The zero-order valence-electron chi connectivity index (χ0n) is 13.6. The van der Waals surface area contributed by atoms with Gasteiger partial charge >= 0.3 is 0 Å². The minimum Gasteiger partial charge on any atom is -0.311 e. The Morgan fingerprint density at radius 3 is 2.81 bits per heavy atom. The Labute approximate surface area is 128 Å². The maximum Gasteiger partial charge on any atom is 0.0534 e. The van der Waals surface area contributed by atoms with Gasteiger partial charge in [-0.1, -0.05) is 32.6 Å². The van der Waals surface area contributed by atoms with E-state index in [2.05, 4.69) is 28.4 Å². The van der Waals surface area contributed by atoms with Crippen LogP contribution in [0.1, 0.15) is 57.4 Å². The van der Waals surface area contributed by atoms with Gasteiger partial charge < -0.3 is 5.32 Å². The van der Waals surface area contributed by atoms with E-state index in [1.54, 1.807) is 0 Å². The lowest BCUT2D eigenvalue weighted by Crippen LogP contribution is -2.64. The Bertz CT molecular complexity index is 447. The van der Waals surface area contributed by atoms with Crippen LogP contribution < -0.4 is 5.32 Å². The molecule has 1 aromatic heterocycles. The van der Waals surface area contributed by atoms with Crippen molar-refractivity contribution in [2.45, 2.75) is 70.0 Å². The molecule has 1 atom stereocenters. The van der Waals surface area contributed by atoms with Crippen molar-refractivity contribution in [1.29, 1.82) is 0 Å². The number of rotatable bonds is 4. The maximum absolute atomic E-state index is 4.35. The predicted molar refractivity (Wildman–Crippen MR) is 86.1 cm³/mol. The molecule has 2 fully saturated rings. The van der Waals surface area contributed by atoms with E-state index in [0.29, 0.717) is 11.6 Å². The van der Waals surface area contributed by atoms with E-state index in [0.717, 1.165) is 6.54 Å². The van der Waals surface area contributed by atoms with Crippen LogP contribution in [0.25, 0.3) is 0 Å². The molecule has 4 heteroatoms. The molecule has 21 heavy (non-hydrogen) atoms. The monoisotopic (exact) mass is 290 g/mol. The number of hydrogen-bond acceptors (Lipinski definition) is 3. The Morgan fingerprint density at radius 1 is 1.33 bits per heavy atom. The van der Waals surface area contributed by atoms with E-state index < -0.39 is 0 Å². The Balaban J connectivity index is 1.75. The van der Waals surface area contributed by atoms with Crippen LogP contribution in [0.3, 0.4) is 0 Å². The van der Waals surface area contributed by atoms with Gasteiger partial charge in [-0.05, 0) is 19.3 Å². The fourth-order valence-corrected chi connectivity index (χ4v) is 4.22. The molecule has 118 valence electrons. The Kier molecular flexibility index (Phi) is 4.65. The van der Waals surface area contributed by atoms with Crippen molar-refractivity contribution in [2.24, 2.45) is 7.05 Å². The Hall–Kier alpha value is -0.870. The minimum atomic E-state index is 0.401. The fourth-order valence-electron chi connectivity index (χ4n) is 4.22. The van der Waals surface area contributed by atoms with Crippen LogP contribution in [0.4, 0.5) is 0 Å². The molecular weight excluding hydrogens is 260 g/mol. The van der Waals surface area contributed by atoms with E-state index in [1.165, 1.54) is 63.6 Å². The van der Waals surface area contributed by atoms with Gasteiger partial charge in [0.1, 0.15) is 0 Å². The molecule has 1 unspecified atom stereocenters. The first kappa shape index (κ1) is 15.0. The number of nitrogens with zero attached hydrogens (tertiary/aromatic N) is 3. The third kappa shape index (κ3) is 3.32. The maximum atomic E-state index is 4.35. The van der Waals surface area contributed by atoms with Crippen molar-refractivity contribution in [1.82, 2.24) is 20.0 Å². The molecule has 3 rings (SSSR count). The zero-order valence-corrected chi connectivity index (χ0v) is 13.6. The molecule has 1 aliphatic carbocycles. The molecule has 4 nitrogen and oxygen atoms in total. The van der Waals surface area contributed by atoms with Crippen molar-refractivity contribution >= 4 is 0 Å². The SMILES string of the molecule is CCCC1CN(Cc2cnn(C)c2)C2(CCCCC2)CN1. The van der Waals surface area contributed by atoms with Crippen molar-refractivity contribution < 1.29 is 0 Å². The molecule has 1 saturated carbocycles. The van der Waals surface area contributed by atoms with E-state index in [9.17, 15) is 0 Å². The summed E-state index contributed by atoms with van der Waals surface area (Å²) in [6.45, 7) is 5.73. The summed E-state index contributed by atoms with van der Waals surface area (Å²) in [6.07, 6.45) is 13.7. The highest BCUT2D eigenvalue weighted by atomic mass is 15.3.